The number of ether oxygens (including phenoxy) is 1. The molecule has 0 spiro atoms. The highest BCUT2D eigenvalue weighted by Gasteiger charge is 2.29. The lowest BCUT2D eigenvalue weighted by Crippen LogP contribution is -2.36. The van der Waals surface area contributed by atoms with Gasteiger partial charge in [-0.25, -0.2) is 0 Å². The molecule has 2 aromatic carbocycles. The summed E-state index contributed by atoms with van der Waals surface area (Å²) < 4.78 is 5.81. The summed E-state index contributed by atoms with van der Waals surface area (Å²) in [5.74, 6) is 0.775. The van der Waals surface area contributed by atoms with Crippen molar-refractivity contribution < 1.29 is 9.84 Å². The molecule has 0 saturated carbocycles. The topological polar surface area (TPSA) is 45.2 Å². The van der Waals surface area contributed by atoms with Crippen molar-refractivity contribution >= 4 is 11.8 Å². The van der Waals surface area contributed by atoms with Gasteiger partial charge in [-0.2, -0.15) is 0 Å². The van der Waals surface area contributed by atoms with Gasteiger partial charge >= 0.3 is 0 Å². The lowest BCUT2D eigenvalue weighted by molar-refractivity contribution is 0.0114. The van der Waals surface area contributed by atoms with Gasteiger partial charge in [-0.1, -0.05) is 43.8 Å². The second-order valence-corrected chi connectivity index (χ2v) is 8.22. The fraction of sp³-hybridized carbons (Fsp3) is 0.273. The molecular formula is C22H25NO2S. The van der Waals surface area contributed by atoms with Crippen molar-refractivity contribution in [3.05, 3.63) is 78.6 Å². The number of aromatic amines is 1. The summed E-state index contributed by atoms with van der Waals surface area (Å²) >= 11 is 1.72. The first-order chi connectivity index (χ1) is 12.5. The van der Waals surface area contributed by atoms with Gasteiger partial charge in [0.05, 0.1) is 6.10 Å². The van der Waals surface area contributed by atoms with Crippen LogP contribution in [0.4, 0.5) is 0 Å². The Morgan fingerprint density at radius 2 is 1.65 bits per heavy atom. The van der Waals surface area contributed by atoms with Gasteiger partial charge in [0.25, 0.3) is 0 Å². The van der Waals surface area contributed by atoms with Crippen LogP contribution in [0, 0.1) is 5.41 Å². The van der Waals surface area contributed by atoms with Crippen LogP contribution in [0.2, 0.25) is 0 Å². The van der Waals surface area contributed by atoms with Gasteiger partial charge in [-0.05, 0) is 60.4 Å². The third-order valence-electron chi connectivity index (χ3n) is 4.42. The molecule has 1 heterocycles. The first kappa shape index (κ1) is 18.6. The Morgan fingerprint density at radius 3 is 2.31 bits per heavy atom. The monoisotopic (exact) mass is 367 g/mol. The van der Waals surface area contributed by atoms with E-state index in [1.807, 2.05) is 60.8 Å². The zero-order valence-corrected chi connectivity index (χ0v) is 16.0. The second kappa shape index (κ2) is 8.47. The predicted molar refractivity (Wildman–Crippen MR) is 107 cm³/mol. The van der Waals surface area contributed by atoms with Crippen molar-refractivity contribution in [1.82, 2.24) is 4.98 Å². The van der Waals surface area contributed by atoms with Crippen LogP contribution in [-0.2, 0) is 6.42 Å². The van der Waals surface area contributed by atoms with Crippen LogP contribution >= 0.6 is 11.8 Å². The molecule has 0 bridgehead atoms. The van der Waals surface area contributed by atoms with E-state index in [0.29, 0.717) is 0 Å². The van der Waals surface area contributed by atoms with Crippen LogP contribution in [-0.4, -0.2) is 22.8 Å². The van der Waals surface area contributed by atoms with Crippen molar-refractivity contribution in [3.63, 3.8) is 0 Å². The highest BCUT2D eigenvalue weighted by Crippen LogP contribution is 2.29. The van der Waals surface area contributed by atoms with E-state index in [2.05, 4.69) is 31.0 Å². The molecule has 1 unspecified atom stereocenters. The van der Waals surface area contributed by atoms with Crippen LogP contribution < -0.4 is 4.74 Å². The number of nitrogens with one attached hydrogen (secondary N) is 1. The van der Waals surface area contributed by atoms with Crippen LogP contribution in [0.3, 0.4) is 0 Å². The molecule has 1 atom stereocenters. The maximum Gasteiger partial charge on any atom is 0.119 e. The number of hydrogen-bond donors (Lipinski definition) is 2. The van der Waals surface area contributed by atoms with E-state index in [-0.39, 0.29) is 12.0 Å². The van der Waals surface area contributed by atoms with Crippen LogP contribution in [0.1, 0.15) is 19.5 Å². The van der Waals surface area contributed by atoms with E-state index >= 15 is 0 Å². The molecule has 3 aromatic rings. The lowest BCUT2D eigenvalue weighted by Gasteiger charge is -2.30. The molecule has 0 aliphatic heterocycles. The van der Waals surface area contributed by atoms with Gasteiger partial charge in [-0.3, -0.25) is 0 Å². The van der Waals surface area contributed by atoms with Gasteiger partial charge in [-0.15, -0.1) is 0 Å². The van der Waals surface area contributed by atoms with Crippen molar-refractivity contribution in [1.29, 1.82) is 0 Å². The summed E-state index contributed by atoms with van der Waals surface area (Å²) in [6, 6.07) is 22.3. The number of H-pyrrole nitrogens is 1. The Morgan fingerprint density at radius 1 is 0.962 bits per heavy atom. The molecule has 136 valence electrons. The normalized spacial score (nSPS) is 12.7. The van der Waals surface area contributed by atoms with Gasteiger partial charge in [0, 0.05) is 21.7 Å². The van der Waals surface area contributed by atoms with E-state index in [1.54, 1.807) is 11.8 Å². The Balaban J connectivity index is 1.52. The highest BCUT2D eigenvalue weighted by molar-refractivity contribution is 7.99. The number of aliphatic hydroxyl groups excluding tert-OH is 1. The second-order valence-electron chi connectivity index (χ2n) is 7.07. The highest BCUT2D eigenvalue weighted by atomic mass is 32.2. The standard InChI is InChI=1S/C22H25NO2S/c1-22(2,15-17-7-6-14-23-17)21(24)16-25-18-10-12-20(13-11-18)26-19-8-4-3-5-9-19/h3-14,21,23-24H,15-16H2,1-2H3. The lowest BCUT2D eigenvalue weighted by atomic mass is 9.82. The third kappa shape index (κ3) is 5.16. The van der Waals surface area contributed by atoms with E-state index < -0.39 is 6.10 Å². The molecule has 26 heavy (non-hydrogen) atoms. The molecule has 2 N–H and O–H groups in total. The number of aromatic nitrogens is 1. The SMILES string of the molecule is CC(C)(Cc1ccc[nH]1)C(O)COc1ccc(Sc2ccccc2)cc1. The Hall–Kier alpha value is -2.17. The van der Waals surface area contributed by atoms with Crippen LogP contribution in [0.5, 0.6) is 5.75 Å². The largest absolute Gasteiger partial charge is 0.491 e. The fourth-order valence-corrected chi connectivity index (χ4v) is 3.55. The number of rotatable bonds is 8. The Labute approximate surface area is 159 Å². The summed E-state index contributed by atoms with van der Waals surface area (Å²) in [5, 5.41) is 10.5. The van der Waals surface area contributed by atoms with E-state index in [0.717, 1.165) is 22.8 Å². The van der Waals surface area contributed by atoms with Crippen molar-refractivity contribution in [2.75, 3.05) is 6.61 Å². The molecule has 3 nitrogen and oxygen atoms in total. The zero-order valence-electron chi connectivity index (χ0n) is 15.2. The molecule has 0 radical (unpaired) electrons. The molecular weight excluding hydrogens is 342 g/mol. The minimum Gasteiger partial charge on any atom is -0.491 e. The Kier molecular flexibility index (Phi) is 6.07. The number of hydrogen-bond acceptors (Lipinski definition) is 3. The molecule has 4 heteroatoms. The average molecular weight is 368 g/mol. The first-order valence-electron chi connectivity index (χ1n) is 8.79. The smallest absolute Gasteiger partial charge is 0.119 e. The van der Waals surface area contributed by atoms with Gasteiger partial charge < -0.3 is 14.8 Å². The summed E-state index contributed by atoms with van der Waals surface area (Å²) in [7, 11) is 0. The summed E-state index contributed by atoms with van der Waals surface area (Å²) in [5.41, 5.74) is 0.852. The molecule has 0 amide bonds. The molecule has 1 aromatic heterocycles. The summed E-state index contributed by atoms with van der Waals surface area (Å²) in [6.07, 6.45) is 2.13. The zero-order chi connectivity index (χ0) is 18.4. The van der Waals surface area contributed by atoms with E-state index in [9.17, 15) is 5.11 Å². The average Bonchev–Trinajstić information content (AvgIpc) is 3.14. The van der Waals surface area contributed by atoms with Gasteiger partial charge in [0.2, 0.25) is 0 Å². The molecule has 0 aliphatic rings. The maximum atomic E-state index is 10.5. The Bertz CT molecular complexity index is 783. The van der Waals surface area contributed by atoms with Crippen LogP contribution in [0.15, 0.2) is 82.7 Å². The number of aliphatic hydroxyl groups is 1. The molecule has 0 fully saturated rings. The van der Waals surface area contributed by atoms with Crippen molar-refractivity contribution in [3.8, 4) is 5.75 Å². The first-order valence-corrected chi connectivity index (χ1v) is 9.61. The minimum absolute atomic E-state index is 0.270. The quantitative estimate of drug-likeness (QED) is 0.577. The maximum absolute atomic E-state index is 10.5. The fourth-order valence-electron chi connectivity index (χ4n) is 2.72. The molecule has 0 aliphatic carbocycles. The van der Waals surface area contributed by atoms with Crippen molar-refractivity contribution in [2.45, 2.75) is 36.2 Å². The molecule has 0 saturated heterocycles. The molecule has 3 rings (SSSR count). The summed E-state index contributed by atoms with van der Waals surface area (Å²) in [6.45, 7) is 4.39. The van der Waals surface area contributed by atoms with E-state index in [4.69, 9.17) is 4.74 Å². The van der Waals surface area contributed by atoms with Gasteiger partial charge in [0.1, 0.15) is 12.4 Å². The van der Waals surface area contributed by atoms with Crippen LogP contribution in [0.25, 0.3) is 0 Å². The van der Waals surface area contributed by atoms with Crippen molar-refractivity contribution in [2.24, 2.45) is 5.41 Å². The summed E-state index contributed by atoms with van der Waals surface area (Å²) in [4.78, 5) is 5.57. The van der Waals surface area contributed by atoms with E-state index in [1.165, 1.54) is 4.90 Å². The predicted octanol–water partition coefficient (Wildman–Crippen LogP) is 5.17. The minimum atomic E-state index is -0.552. The number of benzene rings is 2. The van der Waals surface area contributed by atoms with Gasteiger partial charge in [0.15, 0.2) is 0 Å². The third-order valence-corrected chi connectivity index (χ3v) is 5.44.